The van der Waals surface area contributed by atoms with Crippen LogP contribution in [0.15, 0.2) is 65.8 Å². The summed E-state index contributed by atoms with van der Waals surface area (Å²) in [6.07, 6.45) is 2.62. The van der Waals surface area contributed by atoms with Crippen molar-refractivity contribution in [3.8, 4) is 22.9 Å². The summed E-state index contributed by atoms with van der Waals surface area (Å²) in [6, 6.07) is 14.1. The van der Waals surface area contributed by atoms with Crippen molar-refractivity contribution in [2.75, 3.05) is 11.8 Å². The van der Waals surface area contributed by atoms with E-state index in [4.69, 9.17) is 4.74 Å². The lowest BCUT2D eigenvalue weighted by atomic mass is 10.0. The van der Waals surface area contributed by atoms with Crippen LogP contribution in [0, 0.1) is 13.8 Å². The van der Waals surface area contributed by atoms with E-state index in [1.54, 1.807) is 45.3 Å². The Morgan fingerprint density at radius 1 is 1.03 bits per heavy atom. The Morgan fingerprint density at radius 3 is 2.37 bits per heavy atom. The molecule has 2 N–H and O–H groups in total. The molecule has 0 aliphatic carbocycles. The fraction of sp³-hybridized carbons (Fsp3) is 0.167. The van der Waals surface area contributed by atoms with Crippen LogP contribution in [-0.4, -0.2) is 41.1 Å². The summed E-state index contributed by atoms with van der Waals surface area (Å²) in [5, 5.41) is 6.48. The van der Waals surface area contributed by atoms with E-state index >= 15 is 0 Å². The molecule has 2 heterocycles. The van der Waals surface area contributed by atoms with Crippen LogP contribution in [0.4, 0.5) is 5.95 Å². The van der Waals surface area contributed by atoms with E-state index in [0.717, 1.165) is 11.1 Å². The van der Waals surface area contributed by atoms with Gasteiger partial charge in [0.15, 0.2) is 0 Å². The van der Waals surface area contributed by atoms with Crippen LogP contribution in [-0.2, 0) is 17.1 Å². The van der Waals surface area contributed by atoms with Gasteiger partial charge < -0.3 is 10.1 Å². The predicted molar refractivity (Wildman–Crippen MR) is 131 cm³/mol. The molecule has 4 rings (SSSR count). The van der Waals surface area contributed by atoms with Gasteiger partial charge in [-0.05, 0) is 43.7 Å². The molecular weight excluding hydrogens is 468 g/mol. The maximum Gasteiger partial charge on any atom is 0.267 e. The van der Waals surface area contributed by atoms with Gasteiger partial charge in [0.05, 0.1) is 11.9 Å². The van der Waals surface area contributed by atoms with Gasteiger partial charge in [0.2, 0.25) is 11.8 Å². The number of nitrogens with zero attached hydrogens (tertiary/aromatic N) is 4. The topological polar surface area (TPSA) is 128 Å². The van der Waals surface area contributed by atoms with Crippen molar-refractivity contribution in [1.29, 1.82) is 0 Å². The van der Waals surface area contributed by atoms with Crippen molar-refractivity contribution in [2.24, 2.45) is 7.05 Å². The van der Waals surface area contributed by atoms with E-state index in [2.05, 4.69) is 25.1 Å². The Hall–Kier alpha value is -4.25. The third-order valence-corrected chi connectivity index (χ3v) is 6.56. The number of nitrogens with one attached hydrogen (secondary N) is 2. The smallest absolute Gasteiger partial charge is 0.267 e. The minimum atomic E-state index is -3.98. The number of hydrogen-bond donors (Lipinski definition) is 2. The molecule has 2 aromatic heterocycles. The number of ether oxygens (including phenoxy) is 1. The van der Waals surface area contributed by atoms with E-state index in [1.807, 2.05) is 31.2 Å². The first-order chi connectivity index (χ1) is 16.7. The highest BCUT2D eigenvalue weighted by Crippen LogP contribution is 2.33. The van der Waals surface area contributed by atoms with E-state index in [9.17, 15) is 13.2 Å². The van der Waals surface area contributed by atoms with Gasteiger partial charge in [-0.2, -0.15) is 10.1 Å². The maximum absolute atomic E-state index is 12.9. The van der Waals surface area contributed by atoms with Crippen LogP contribution in [0.25, 0.3) is 11.3 Å². The monoisotopic (exact) mass is 492 g/mol. The molecule has 0 fully saturated rings. The van der Waals surface area contributed by atoms with Crippen LogP contribution in [0.2, 0.25) is 0 Å². The van der Waals surface area contributed by atoms with Gasteiger partial charge in [-0.3, -0.25) is 9.48 Å². The van der Waals surface area contributed by atoms with Gasteiger partial charge in [-0.25, -0.2) is 18.1 Å². The van der Waals surface area contributed by atoms with Crippen molar-refractivity contribution < 1.29 is 17.9 Å². The zero-order chi connectivity index (χ0) is 25.2. The number of hydrogen-bond acceptors (Lipinski definition) is 7. The van der Waals surface area contributed by atoms with E-state index < -0.39 is 10.0 Å². The minimum Gasteiger partial charge on any atom is -0.439 e. The summed E-state index contributed by atoms with van der Waals surface area (Å²) in [5.41, 5.74) is 3.40. The van der Waals surface area contributed by atoms with Crippen molar-refractivity contribution in [2.45, 2.75) is 18.7 Å². The molecule has 35 heavy (non-hydrogen) atoms. The van der Waals surface area contributed by atoms with Gasteiger partial charge in [0.25, 0.3) is 15.9 Å². The Balaban J connectivity index is 1.77. The van der Waals surface area contributed by atoms with Crippen LogP contribution >= 0.6 is 0 Å². The normalized spacial score (nSPS) is 11.2. The van der Waals surface area contributed by atoms with Crippen molar-refractivity contribution >= 4 is 21.9 Å². The van der Waals surface area contributed by atoms with Gasteiger partial charge in [-0.1, -0.05) is 24.3 Å². The number of carbonyl (C=O) groups excluding carboxylic acids is 1. The number of rotatable bonds is 7. The first kappa shape index (κ1) is 23.9. The number of anilines is 1. The summed E-state index contributed by atoms with van der Waals surface area (Å²) in [4.78, 5) is 20.7. The van der Waals surface area contributed by atoms with Crippen molar-refractivity contribution in [3.05, 3.63) is 77.6 Å². The SMILES string of the molecule is CNC(=O)c1ccc(Oc2nc(NS(=O)(=O)c3cnn(C)c3)nc(-c3ccccc3C)c2C)cc1. The van der Waals surface area contributed by atoms with Crippen LogP contribution in [0.1, 0.15) is 21.5 Å². The summed E-state index contributed by atoms with van der Waals surface area (Å²) >= 11 is 0. The standard InChI is InChI=1S/C24H24N6O4S/c1-15-7-5-6-8-20(15)21-16(2)23(34-18-11-9-17(10-12-18)22(31)25-3)28-24(27-21)29-35(32,33)19-13-26-30(4)14-19/h5-14H,1-4H3,(H,25,31)(H,27,28,29). The zero-order valence-electron chi connectivity index (χ0n) is 19.6. The summed E-state index contributed by atoms with van der Waals surface area (Å²) < 4.78 is 35.6. The first-order valence-electron chi connectivity index (χ1n) is 10.6. The lowest BCUT2D eigenvalue weighted by Crippen LogP contribution is -2.17. The fourth-order valence-corrected chi connectivity index (χ4v) is 4.32. The largest absolute Gasteiger partial charge is 0.439 e. The highest BCUT2D eigenvalue weighted by atomic mass is 32.2. The second-order valence-corrected chi connectivity index (χ2v) is 9.48. The first-order valence-corrected chi connectivity index (χ1v) is 12.1. The average molecular weight is 493 g/mol. The molecule has 4 aromatic rings. The van der Waals surface area contributed by atoms with E-state index in [0.29, 0.717) is 22.6 Å². The molecular formula is C24H24N6O4S. The number of sulfonamides is 1. The molecule has 0 aliphatic rings. The molecule has 0 atom stereocenters. The molecule has 1 amide bonds. The molecule has 0 bridgehead atoms. The average Bonchev–Trinajstić information content (AvgIpc) is 3.29. The van der Waals surface area contributed by atoms with Crippen LogP contribution in [0.3, 0.4) is 0 Å². The maximum atomic E-state index is 12.9. The number of aryl methyl sites for hydroxylation is 2. The van der Waals surface area contributed by atoms with Gasteiger partial charge in [0.1, 0.15) is 10.6 Å². The Kier molecular flexibility index (Phi) is 6.52. The van der Waals surface area contributed by atoms with Crippen molar-refractivity contribution in [3.63, 3.8) is 0 Å². The molecule has 0 unspecified atom stereocenters. The molecule has 0 saturated carbocycles. The number of amides is 1. The number of aromatic nitrogens is 4. The molecule has 0 saturated heterocycles. The van der Waals surface area contributed by atoms with Crippen LogP contribution in [0.5, 0.6) is 11.6 Å². The minimum absolute atomic E-state index is 0.0196. The number of carbonyl (C=O) groups is 1. The van der Waals surface area contributed by atoms with Crippen molar-refractivity contribution in [1.82, 2.24) is 25.1 Å². The molecule has 0 aliphatic heterocycles. The quantitative estimate of drug-likeness (QED) is 0.404. The Labute approximate surface area is 203 Å². The Morgan fingerprint density at radius 2 is 1.74 bits per heavy atom. The van der Waals surface area contributed by atoms with E-state index in [-0.39, 0.29) is 22.6 Å². The lowest BCUT2D eigenvalue weighted by molar-refractivity contribution is 0.0963. The predicted octanol–water partition coefficient (Wildman–Crippen LogP) is 3.45. The molecule has 2 aromatic carbocycles. The van der Waals surface area contributed by atoms with E-state index in [1.165, 1.54) is 17.1 Å². The highest BCUT2D eigenvalue weighted by Gasteiger charge is 2.22. The zero-order valence-corrected chi connectivity index (χ0v) is 20.4. The van der Waals surface area contributed by atoms with Gasteiger partial charge >= 0.3 is 0 Å². The molecule has 0 spiro atoms. The second kappa shape index (κ2) is 9.55. The molecule has 10 nitrogen and oxygen atoms in total. The highest BCUT2D eigenvalue weighted by molar-refractivity contribution is 7.92. The number of benzene rings is 2. The van der Waals surface area contributed by atoms with Gasteiger partial charge in [0, 0.05) is 37.0 Å². The summed E-state index contributed by atoms with van der Waals surface area (Å²) in [5.74, 6) is 0.240. The summed E-state index contributed by atoms with van der Waals surface area (Å²) in [6.45, 7) is 3.74. The summed E-state index contributed by atoms with van der Waals surface area (Å²) in [7, 11) is -0.803. The van der Waals surface area contributed by atoms with Crippen LogP contribution < -0.4 is 14.8 Å². The Bertz CT molecular complexity index is 1500. The fourth-order valence-electron chi connectivity index (χ4n) is 3.39. The third kappa shape index (κ3) is 5.14. The third-order valence-electron chi connectivity index (χ3n) is 5.28. The molecule has 11 heteroatoms. The lowest BCUT2D eigenvalue weighted by Gasteiger charge is -2.15. The second-order valence-electron chi connectivity index (χ2n) is 7.80. The molecule has 180 valence electrons. The van der Waals surface area contributed by atoms with Gasteiger partial charge in [-0.15, -0.1) is 0 Å². The molecule has 0 radical (unpaired) electrons.